The standard InChI is InChI=1S/C29H25ClN2O5S/c30-25-18-24(38(34,35)32-17-16-21-8-4-5-9-22(21)19-32)14-15-27(25)36-20-29(33)31-26-12-6-7-13-28(26)37-23-10-2-1-3-11-23/h1-15,18H,16-17,19-20H2,(H,31,33). The summed E-state index contributed by atoms with van der Waals surface area (Å²) in [7, 11) is -3.75. The normalized spacial score (nSPS) is 13.4. The van der Waals surface area contributed by atoms with E-state index in [1.54, 1.807) is 18.2 Å². The molecule has 0 saturated heterocycles. The molecule has 7 nitrogen and oxygen atoms in total. The largest absolute Gasteiger partial charge is 0.482 e. The van der Waals surface area contributed by atoms with Gasteiger partial charge in [-0.15, -0.1) is 0 Å². The molecule has 0 fully saturated rings. The molecular weight excluding hydrogens is 524 g/mol. The lowest BCUT2D eigenvalue weighted by atomic mass is 10.0. The van der Waals surface area contributed by atoms with Gasteiger partial charge in [-0.2, -0.15) is 4.31 Å². The van der Waals surface area contributed by atoms with Crippen LogP contribution in [0.15, 0.2) is 102 Å². The SMILES string of the molecule is O=C(COc1ccc(S(=O)(=O)N2CCc3ccccc3C2)cc1Cl)Nc1ccccc1Oc1ccccc1. The van der Waals surface area contributed by atoms with Crippen molar-refractivity contribution in [3.63, 3.8) is 0 Å². The maximum Gasteiger partial charge on any atom is 0.262 e. The summed E-state index contributed by atoms with van der Waals surface area (Å²) < 4.78 is 39.4. The summed E-state index contributed by atoms with van der Waals surface area (Å²) >= 11 is 6.35. The zero-order chi connectivity index (χ0) is 26.5. The number of benzene rings is 4. The summed E-state index contributed by atoms with van der Waals surface area (Å²) in [5.41, 5.74) is 2.64. The quantitative estimate of drug-likeness (QED) is 0.296. The fraction of sp³-hybridized carbons (Fsp3) is 0.138. The zero-order valence-corrected chi connectivity index (χ0v) is 21.9. The number of anilines is 1. The molecule has 194 valence electrons. The molecular formula is C29H25ClN2O5S. The zero-order valence-electron chi connectivity index (χ0n) is 20.3. The van der Waals surface area contributed by atoms with Gasteiger partial charge in [-0.1, -0.05) is 66.2 Å². The molecule has 0 saturated carbocycles. The minimum Gasteiger partial charge on any atom is -0.482 e. The number of halogens is 1. The summed E-state index contributed by atoms with van der Waals surface area (Å²) in [6.07, 6.45) is 0.652. The van der Waals surface area contributed by atoms with Gasteiger partial charge >= 0.3 is 0 Å². The van der Waals surface area contributed by atoms with Gasteiger partial charge in [0.1, 0.15) is 11.5 Å². The van der Waals surface area contributed by atoms with E-state index in [0.717, 1.165) is 11.1 Å². The first-order valence-corrected chi connectivity index (χ1v) is 13.8. The topological polar surface area (TPSA) is 84.9 Å². The summed E-state index contributed by atoms with van der Waals surface area (Å²) in [5, 5.41) is 2.87. The van der Waals surface area contributed by atoms with E-state index in [2.05, 4.69) is 5.32 Å². The fourth-order valence-electron chi connectivity index (χ4n) is 4.19. The number of nitrogens with zero attached hydrogens (tertiary/aromatic N) is 1. The molecule has 38 heavy (non-hydrogen) atoms. The van der Waals surface area contributed by atoms with Gasteiger partial charge < -0.3 is 14.8 Å². The number of carbonyl (C=O) groups is 1. The van der Waals surface area contributed by atoms with E-state index in [1.165, 1.54) is 22.5 Å². The Balaban J connectivity index is 1.22. The minimum atomic E-state index is -3.75. The molecule has 5 rings (SSSR count). The molecule has 4 aromatic carbocycles. The molecule has 4 aromatic rings. The van der Waals surface area contributed by atoms with Crippen LogP contribution in [0, 0.1) is 0 Å². The van der Waals surface area contributed by atoms with Crippen molar-refractivity contribution in [3.05, 3.63) is 113 Å². The average molecular weight is 549 g/mol. The van der Waals surface area contributed by atoms with Crippen LogP contribution in [0.4, 0.5) is 5.69 Å². The molecule has 0 bridgehead atoms. The molecule has 1 heterocycles. The lowest BCUT2D eigenvalue weighted by Gasteiger charge is -2.28. The highest BCUT2D eigenvalue weighted by Gasteiger charge is 2.28. The Labute approximate surface area is 226 Å². The molecule has 1 aliphatic rings. The predicted octanol–water partition coefficient (Wildman–Crippen LogP) is 5.90. The van der Waals surface area contributed by atoms with Crippen LogP contribution in [0.3, 0.4) is 0 Å². The lowest BCUT2D eigenvalue weighted by Crippen LogP contribution is -2.35. The lowest BCUT2D eigenvalue weighted by molar-refractivity contribution is -0.118. The summed E-state index contributed by atoms with van der Waals surface area (Å²) in [6, 6.07) is 28.4. The van der Waals surface area contributed by atoms with Gasteiger partial charge in [0.2, 0.25) is 10.0 Å². The highest BCUT2D eigenvalue weighted by atomic mass is 35.5. The Hall–Kier alpha value is -3.85. The number of hydrogen-bond acceptors (Lipinski definition) is 5. The van der Waals surface area contributed by atoms with E-state index in [-0.39, 0.29) is 22.3 Å². The minimum absolute atomic E-state index is 0.0747. The van der Waals surface area contributed by atoms with Gasteiger partial charge in [0.05, 0.1) is 15.6 Å². The van der Waals surface area contributed by atoms with E-state index in [9.17, 15) is 13.2 Å². The molecule has 0 atom stereocenters. The molecule has 0 spiro atoms. The number of fused-ring (bicyclic) bond motifs is 1. The maximum absolute atomic E-state index is 13.2. The summed E-state index contributed by atoms with van der Waals surface area (Å²) in [5.74, 6) is 0.911. The summed E-state index contributed by atoms with van der Waals surface area (Å²) in [4.78, 5) is 12.7. The van der Waals surface area contributed by atoms with Crippen LogP contribution >= 0.6 is 11.6 Å². The third-order valence-electron chi connectivity index (χ3n) is 6.13. The van der Waals surface area contributed by atoms with Crippen molar-refractivity contribution in [2.75, 3.05) is 18.5 Å². The predicted molar refractivity (Wildman–Crippen MR) is 146 cm³/mol. The first-order chi connectivity index (χ1) is 18.4. The monoisotopic (exact) mass is 548 g/mol. The number of nitrogens with one attached hydrogen (secondary N) is 1. The van der Waals surface area contributed by atoms with Crippen LogP contribution in [0.5, 0.6) is 17.2 Å². The number of hydrogen-bond donors (Lipinski definition) is 1. The Morgan fingerprint density at radius 3 is 2.37 bits per heavy atom. The van der Waals surface area contributed by atoms with Gasteiger partial charge in [0, 0.05) is 13.1 Å². The van der Waals surface area contributed by atoms with Gasteiger partial charge in [-0.3, -0.25) is 4.79 Å². The second-order valence-corrected chi connectivity index (χ2v) is 11.0. The van der Waals surface area contributed by atoms with E-state index in [1.807, 2.05) is 60.7 Å². The Morgan fingerprint density at radius 1 is 0.868 bits per heavy atom. The van der Waals surface area contributed by atoms with Gasteiger partial charge in [-0.05, 0) is 60.0 Å². The number of para-hydroxylation sites is 3. The van der Waals surface area contributed by atoms with E-state index < -0.39 is 15.9 Å². The maximum atomic E-state index is 13.2. The van der Waals surface area contributed by atoms with Crippen LogP contribution in [0.25, 0.3) is 0 Å². The number of rotatable bonds is 8. The van der Waals surface area contributed by atoms with Crippen LogP contribution in [-0.2, 0) is 27.8 Å². The van der Waals surface area contributed by atoms with Crippen LogP contribution < -0.4 is 14.8 Å². The molecule has 0 aliphatic carbocycles. The highest BCUT2D eigenvalue weighted by Crippen LogP contribution is 2.32. The highest BCUT2D eigenvalue weighted by molar-refractivity contribution is 7.89. The van der Waals surface area contributed by atoms with E-state index in [4.69, 9.17) is 21.1 Å². The fourth-order valence-corrected chi connectivity index (χ4v) is 5.93. The number of carbonyl (C=O) groups excluding carboxylic acids is 1. The molecule has 1 aliphatic heterocycles. The Morgan fingerprint density at radius 2 is 1.58 bits per heavy atom. The van der Waals surface area contributed by atoms with Crippen molar-refractivity contribution in [3.8, 4) is 17.2 Å². The van der Waals surface area contributed by atoms with Crippen LogP contribution in [0.1, 0.15) is 11.1 Å². The van der Waals surface area contributed by atoms with Crippen molar-refractivity contribution >= 4 is 33.2 Å². The number of amides is 1. The Kier molecular flexibility index (Phi) is 7.64. The molecule has 0 unspecified atom stereocenters. The van der Waals surface area contributed by atoms with E-state index >= 15 is 0 Å². The second-order valence-electron chi connectivity index (χ2n) is 8.70. The smallest absolute Gasteiger partial charge is 0.262 e. The first-order valence-electron chi connectivity index (χ1n) is 12.0. The van der Waals surface area contributed by atoms with Crippen molar-refractivity contribution < 1.29 is 22.7 Å². The molecule has 9 heteroatoms. The van der Waals surface area contributed by atoms with Crippen molar-refractivity contribution in [2.45, 2.75) is 17.9 Å². The van der Waals surface area contributed by atoms with Crippen LogP contribution in [0.2, 0.25) is 5.02 Å². The number of ether oxygens (including phenoxy) is 2. The third kappa shape index (κ3) is 5.83. The van der Waals surface area contributed by atoms with Gasteiger partial charge in [0.15, 0.2) is 12.4 Å². The van der Waals surface area contributed by atoms with Crippen molar-refractivity contribution in [2.24, 2.45) is 0 Å². The van der Waals surface area contributed by atoms with Crippen molar-refractivity contribution in [1.29, 1.82) is 0 Å². The van der Waals surface area contributed by atoms with Crippen LogP contribution in [-0.4, -0.2) is 31.8 Å². The van der Waals surface area contributed by atoms with Crippen molar-refractivity contribution in [1.82, 2.24) is 4.31 Å². The third-order valence-corrected chi connectivity index (χ3v) is 8.26. The molecule has 1 amide bonds. The van der Waals surface area contributed by atoms with E-state index in [0.29, 0.717) is 36.7 Å². The average Bonchev–Trinajstić information content (AvgIpc) is 2.93. The summed E-state index contributed by atoms with van der Waals surface area (Å²) in [6.45, 7) is 0.378. The molecule has 1 N–H and O–H groups in total. The molecule has 0 radical (unpaired) electrons. The molecule has 0 aromatic heterocycles. The van der Waals surface area contributed by atoms with Gasteiger partial charge in [-0.25, -0.2) is 8.42 Å². The Bertz CT molecular complexity index is 1560. The first kappa shape index (κ1) is 25.8. The van der Waals surface area contributed by atoms with Gasteiger partial charge in [0.25, 0.3) is 5.91 Å². The second kappa shape index (κ2) is 11.3. The number of sulfonamides is 1.